The molecule has 7 heteroatoms. The number of nitrogens with two attached hydrogens (primary N) is 1. The van der Waals surface area contributed by atoms with Gasteiger partial charge in [-0.2, -0.15) is 0 Å². The predicted molar refractivity (Wildman–Crippen MR) is 128 cm³/mol. The van der Waals surface area contributed by atoms with E-state index in [-0.39, 0.29) is 17.6 Å². The average Bonchev–Trinajstić information content (AvgIpc) is 2.82. The van der Waals surface area contributed by atoms with Gasteiger partial charge in [-0.15, -0.1) is 0 Å². The lowest BCUT2D eigenvalue weighted by Gasteiger charge is -2.38. The third-order valence-corrected chi connectivity index (χ3v) is 5.76. The van der Waals surface area contributed by atoms with Crippen molar-refractivity contribution in [2.75, 3.05) is 22.9 Å². The molecule has 170 valence electrons. The summed E-state index contributed by atoms with van der Waals surface area (Å²) in [6.45, 7) is 0.451. The minimum absolute atomic E-state index is 0.0956. The van der Waals surface area contributed by atoms with Crippen LogP contribution in [0.2, 0.25) is 0 Å². The molecule has 33 heavy (non-hydrogen) atoms. The molecule has 0 bridgehead atoms. The van der Waals surface area contributed by atoms with Gasteiger partial charge in [0.25, 0.3) is 5.91 Å². The molecule has 0 saturated heterocycles. The van der Waals surface area contributed by atoms with Crippen molar-refractivity contribution in [1.29, 1.82) is 0 Å². The molecule has 0 fully saturated rings. The number of unbranched alkanes of at least 4 members (excludes halogenated alkanes) is 2. The second-order valence-corrected chi connectivity index (χ2v) is 8.06. The van der Waals surface area contributed by atoms with E-state index < -0.39 is 6.17 Å². The second-order valence-electron chi connectivity index (χ2n) is 8.06. The van der Waals surface area contributed by atoms with Crippen molar-refractivity contribution in [2.24, 2.45) is 0 Å². The number of halogens is 1. The predicted octanol–water partition coefficient (Wildman–Crippen LogP) is 5.17. The van der Waals surface area contributed by atoms with E-state index in [1.807, 2.05) is 30.3 Å². The zero-order valence-corrected chi connectivity index (χ0v) is 18.3. The summed E-state index contributed by atoms with van der Waals surface area (Å²) in [5, 5.41) is 6.14. The van der Waals surface area contributed by atoms with Crippen molar-refractivity contribution in [2.45, 2.75) is 31.8 Å². The number of anilines is 3. The molecule has 6 nitrogen and oxygen atoms in total. The van der Waals surface area contributed by atoms with Crippen molar-refractivity contribution in [3.05, 3.63) is 89.7 Å². The van der Waals surface area contributed by atoms with Crippen LogP contribution in [0.1, 0.15) is 47.8 Å². The van der Waals surface area contributed by atoms with Crippen LogP contribution in [0.4, 0.5) is 21.5 Å². The normalized spacial score (nSPS) is 15.0. The zero-order chi connectivity index (χ0) is 23.2. The summed E-state index contributed by atoms with van der Waals surface area (Å²) in [5.74, 6) is -0.583. The van der Waals surface area contributed by atoms with Crippen LogP contribution < -0.4 is 16.4 Å². The van der Waals surface area contributed by atoms with Gasteiger partial charge in [0.2, 0.25) is 5.91 Å². The van der Waals surface area contributed by atoms with Crippen LogP contribution in [-0.2, 0) is 4.79 Å². The smallest absolute Gasteiger partial charge is 0.257 e. The quantitative estimate of drug-likeness (QED) is 0.329. The number of nitrogen functional groups attached to an aromatic ring is 1. The fourth-order valence-electron chi connectivity index (χ4n) is 4.03. The number of hydrogen-bond donors (Lipinski definition) is 3. The van der Waals surface area contributed by atoms with Gasteiger partial charge in [-0.25, -0.2) is 4.39 Å². The van der Waals surface area contributed by atoms with E-state index in [1.54, 1.807) is 41.3 Å². The number of amides is 2. The topological polar surface area (TPSA) is 87.5 Å². The molecule has 0 aliphatic carbocycles. The largest absolute Gasteiger partial charge is 0.397 e. The minimum atomic E-state index is -0.585. The third-order valence-electron chi connectivity index (χ3n) is 5.76. The van der Waals surface area contributed by atoms with Crippen molar-refractivity contribution in [3.63, 3.8) is 0 Å². The Kier molecular flexibility index (Phi) is 6.88. The molecular weight excluding hydrogens is 419 g/mol. The van der Waals surface area contributed by atoms with E-state index in [2.05, 4.69) is 10.6 Å². The Hall–Kier alpha value is -3.87. The van der Waals surface area contributed by atoms with Crippen LogP contribution in [0.25, 0.3) is 0 Å². The van der Waals surface area contributed by atoms with Crippen LogP contribution in [0.3, 0.4) is 0 Å². The summed E-state index contributed by atoms with van der Waals surface area (Å²) in [6.07, 6.45) is 1.90. The fraction of sp³-hybridized carbons (Fsp3) is 0.231. The standard InChI is InChI=1S/C26H27FN4O2/c27-20-12-5-3-10-18(20)25-30-22-14-7-4-11-19(22)26(33)31(25)17-9-1-2-16-24(32)29-23-15-8-6-13-21(23)28/h3-8,10-15,25,30H,1-2,9,16-17,28H2,(H,29,32). The highest BCUT2D eigenvalue weighted by Gasteiger charge is 2.33. The van der Waals surface area contributed by atoms with Crippen LogP contribution in [0, 0.1) is 5.82 Å². The maximum atomic E-state index is 14.6. The minimum Gasteiger partial charge on any atom is -0.397 e. The fourth-order valence-corrected chi connectivity index (χ4v) is 4.03. The number of fused-ring (bicyclic) bond motifs is 1. The summed E-state index contributed by atoms with van der Waals surface area (Å²) in [4.78, 5) is 27.1. The van der Waals surface area contributed by atoms with Crippen molar-refractivity contribution in [1.82, 2.24) is 4.90 Å². The first-order chi connectivity index (χ1) is 16.0. The zero-order valence-electron chi connectivity index (χ0n) is 18.3. The monoisotopic (exact) mass is 446 g/mol. The third kappa shape index (κ3) is 5.14. The van der Waals surface area contributed by atoms with E-state index in [1.165, 1.54) is 6.07 Å². The number of benzene rings is 3. The first kappa shape index (κ1) is 22.3. The molecule has 1 unspecified atom stereocenters. The van der Waals surface area contributed by atoms with E-state index >= 15 is 0 Å². The second kappa shape index (κ2) is 10.2. The molecule has 0 spiro atoms. The van der Waals surface area contributed by atoms with Gasteiger partial charge >= 0.3 is 0 Å². The van der Waals surface area contributed by atoms with Gasteiger partial charge < -0.3 is 21.3 Å². The lowest BCUT2D eigenvalue weighted by molar-refractivity contribution is -0.116. The van der Waals surface area contributed by atoms with Gasteiger partial charge in [0.05, 0.1) is 16.9 Å². The molecule has 0 saturated carbocycles. The van der Waals surface area contributed by atoms with E-state index in [9.17, 15) is 14.0 Å². The highest BCUT2D eigenvalue weighted by atomic mass is 19.1. The van der Waals surface area contributed by atoms with Crippen molar-refractivity contribution in [3.8, 4) is 0 Å². The average molecular weight is 447 g/mol. The Morgan fingerprint density at radius 1 is 0.970 bits per heavy atom. The van der Waals surface area contributed by atoms with Gasteiger partial charge in [-0.3, -0.25) is 9.59 Å². The maximum Gasteiger partial charge on any atom is 0.257 e. The molecule has 1 atom stereocenters. The Labute approximate surface area is 192 Å². The number of hydrogen-bond acceptors (Lipinski definition) is 4. The number of nitrogens with zero attached hydrogens (tertiary/aromatic N) is 1. The van der Waals surface area contributed by atoms with Gasteiger partial charge in [0, 0.05) is 24.2 Å². The number of carbonyl (C=O) groups excluding carboxylic acids is 2. The SMILES string of the molecule is Nc1ccccc1NC(=O)CCCCCN1C(=O)c2ccccc2NC1c1ccccc1F. The lowest BCUT2D eigenvalue weighted by Crippen LogP contribution is -2.43. The van der Waals surface area contributed by atoms with Crippen LogP contribution >= 0.6 is 0 Å². The summed E-state index contributed by atoms with van der Waals surface area (Å²) >= 11 is 0. The summed E-state index contributed by atoms with van der Waals surface area (Å²) in [6, 6.07) is 20.9. The highest BCUT2D eigenvalue weighted by molar-refractivity contribution is 6.01. The number of carbonyl (C=O) groups is 2. The molecule has 1 aliphatic rings. The molecule has 0 aromatic heterocycles. The first-order valence-electron chi connectivity index (χ1n) is 11.1. The van der Waals surface area contributed by atoms with E-state index in [0.29, 0.717) is 54.0 Å². The Balaban J connectivity index is 1.36. The molecule has 0 radical (unpaired) electrons. The number of nitrogens with one attached hydrogen (secondary N) is 2. The van der Waals surface area contributed by atoms with Gasteiger partial charge in [0.1, 0.15) is 12.0 Å². The number of rotatable bonds is 8. The van der Waals surface area contributed by atoms with Gasteiger partial charge in [0.15, 0.2) is 0 Å². The molecule has 3 aromatic rings. The van der Waals surface area contributed by atoms with Crippen LogP contribution in [0.5, 0.6) is 0 Å². The molecule has 4 rings (SSSR count). The molecule has 4 N–H and O–H groups in total. The lowest BCUT2D eigenvalue weighted by atomic mass is 10.0. The first-order valence-corrected chi connectivity index (χ1v) is 11.1. The Morgan fingerprint density at radius 3 is 2.52 bits per heavy atom. The van der Waals surface area contributed by atoms with Gasteiger partial charge in [-0.1, -0.05) is 48.9 Å². The summed E-state index contributed by atoms with van der Waals surface area (Å²) < 4.78 is 14.6. The van der Waals surface area contributed by atoms with E-state index in [0.717, 1.165) is 6.42 Å². The Morgan fingerprint density at radius 2 is 1.70 bits per heavy atom. The number of para-hydroxylation sites is 3. The molecular formula is C26H27FN4O2. The molecule has 3 aromatic carbocycles. The van der Waals surface area contributed by atoms with Crippen LogP contribution in [0.15, 0.2) is 72.8 Å². The maximum absolute atomic E-state index is 14.6. The van der Waals surface area contributed by atoms with Crippen molar-refractivity contribution < 1.29 is 14.0 Å². The summed E-state index contributed by atoms with van der Waals surface area (Å²) in [5.41, 5.74) is 8.70. The van der Waals surface area contributed by atoms with Crippen molar-refractivity contribution >= 4 is 28.9 Å². The molecule has 2 amide bonds. The van der Waals surface area contributed by atoms with E-state index in [4.69, 9.17) is 5.73 Å². The van der Waals surface area contributed by atoms with Crippen LogP contribution in [-0.4, -0.2) is 23.3 Å². The summed E-state index contributed by atoms with van der Waals surface area (Å²) in [7, 11) is 0. The van der Waals surface area contributed by atoms with Gasteiger partial charge in [-0.05, 0) is 43.2 Å². The molecule has 1 aliphatic heterocycles. The highest BCUT2D eigenvalue weighted by Crippen LogP contribution is 2.34. The Bertz CT molecular complexity index is 1150. The molecule has 1 heterocycles.